The number of nitrogens with two attached hydrogens (primary N) is 1. The molecule has 0 saturated heterocycles. The predicted octanol–water partition coefficient (Wildman–Crippen LogP) is 1.87. The Bertz CT molecular complexity index is 433. The van der Waals surface area contributed by atoms with Gasteiger partial charge >= 0.3 is 0 Å². The monoisotopic (exact) mass is 300 g/mol. The lowest BCUT2D eigenvalue weighted by Gasteiger charge is -2.34. The topological polar surface area (TPSA) is 66.6 Å². The zero-order valence-corrected chi connectivity index (χ0v) is 11.8. The highest BCUT2D eigenvalue weighted by atomic mass is 79.9. The van der Waals surface area contributed by atoms with Gasteiger partial charge in [-0.2, -0.15) is 0 Å². The number of nitrogens with zero attached hydrogens (tertiary/aromatic N) is 1. The molecule has 0 bridgehead atoms. The van der Waals surface area contributed by atoms with Crippen molar-refractivity contribution in [3.05, 3.63) is 28.2 Å². The van der Waals surface area contributed by atoms with Crippen LogP contribution in [0.3, 0.4) is 0 Å². The third-order valence-corrected chi connectivity index (χ3v) is 3.51. The molecule has 0 fully saturated rings. The first-order valence-corrected chi connectivity index (χ1v) is 6.03. The first kappa shape index (κ1) is 14.0. The maximum atomic E-state index is 12.3. The Morgan fingerprint density at radius 3 is 2.65 bits per heavy atom. The molecule has 0 heterocycles. The van der Waals surface area contributed by atoms with E-state index in [1.54, 1.807) is 39.1 Å². The summed E-state index contributed by atoms with van der Waals surface area (Å²) in [7, 11) is 1.66. The van der Waals surface area contributed by atoms with E-state index >= 15 is 0 Å². The third kappa shape index (κ3) is 2.98. The summed E-state index contributed by atoms with van der Waals surface area (Å²) in [5.41, 5.74) is 6.08. The van der Waals surface area contributed by atoms with Gasteiger partial charge in [0.15, 0.2) is 0 Å². The van der Waals surface area contributed by atoms with Crippen molar-refractivity contribution >= 4 is 27.5 Å². The third-order valence-electron chi connectivity index (χ3n) is 2.82. The molecular formula is C12H17BrN2O2. The number of hydrogen-bond donors (Lipinski definition) is 2. The number of anilines is 1. The number of aliphatic hydroxyl groups is 1. The Labute approximate surface area is 110 Å². The first-order valence-electron chi connectivity index (χ1n) is 5.23. The van der Waals surface area contributed by atoms with Crippen LogP contribution in [-0.2, 0) is 0 Å². The Kier molecular flexibility index (Phi) is 4.16. The van der Waals surface area contributed by atoms with Gasteiger partial charge in [-0.05, 0) is 48.0 Å². The smallest absolute Gasteiger partial charge is 0.255 e. The second kappa shape index (κ2) is 5.06. The van der Waals surface area contributed by atoms with Gasteiger partial charge in [-0.25, -0.2) is 0 Å². The zero-order chi connectivity index (χ0) is 13.2. The fourth-order valence-electron chi connectivity index (χ4n) is 1.27. The Hall–Kier alpha value is -1.07. The standard InChI is InChI=1S/C12H17BrN2O2/c1-12(2,7-16)15(3)11(17)9-6-8(14)4-5-10(9)13/h4-6,16H,7,14H2,1-3H3. The van der Waals surface area contributed by atoms with Crippen molar-refractivity contribution < 1.29 is 9.90 Å². The molecule has 0 aromatic heterocycles. The highest BCUT2D eigenvalue weighted by Crippen LogP contribution is 2.23. The SMILES string of the molecule is CN(C(=O)c1cc(N)ccc1Br)C(C)(C)CO. The number of halogens is 1. The van der Waals surface area contributed by atoms with Crippen LogP contribution in [0.15, 0.2) is 22.7 Å². The van der Waals surface area contributed by atoms with E-state index in [2.05, 4.69) is 15.9 Å². The van der Waals surface area contributed by atoms with Crippen LogP contribution in [0.2, 0.25) is 0 Å². The summed E-state index contributed by atoms with van der Waals surface area (Å²) in [5.74, 6) is -0.178. The van der Waals surface area contributed by atoms with Crippen LogP contribution in [0.5, 0.6) is 0 Å². The largest absolute Gasteiger partial charge is 0.399 e. The van der Waals surface area contributed by atoms with Gasteiger partial charge in [0, 0.05) is 17.2 Å². The molecule has 17 heavy (non-hydrogen) atoms. The number of nitrogen functional groups attached to an aromatic ring is 1. The molecule has 94 valence electrons. The minimum absolute atomic E-state index is 0.102. The van der Waals surface area contributed by atoms with Gasteiger partial charge in [0.05, 0.1) is 17.7 Å². The molecule has 0 aliphatic carbocycles. The van der Waals surface area contributed by atoms with Gasteiger partial charge in [-0.3, -0.25) is 4.79 Å². The molecule has 0 spiro atoms. The minimum atomic E-state index is -0.610. The van der Waals surface area contributed by atoms with Crippen molar-refractivity contribution in [2.24, 2.45) is 0 Å². The first-order chi connectivity index (χ1) is 7.79. The Morgan fingerprint density at radius 1 is 1.53 bits per heavy atom. The van der Waals surface area contributed by atoms with Crippen molar-refractivity contribution in [1.29, 1.82) is 0 Å². The maximum Gasteiger partial charge on any atom is 0.255 e. The highest BCUT2D eigenvalue weighted by molar-refractivity contribution is 9.10. The van der Waals surface area contributed by atoms with Gasteiger partial charge in [-0.15, -0.1) is 0 Å². The summed E-state index contributed by atoms with van der Waals surface area (Å²) in [6.07, 6.45) is 0. The van der Waals surface area contributed by atoms with E-state index in [4.69, 9.17) is 5.73 Å². The lowest BCUT2D eigenvalue weighted by atomic mass is 10.0. The molecule has 5 heteroatoms. The number of rotatable bonds is 3. The second-order valence-corrected chi connectivity index (χ2v) is 5.43. The van der Waals surface area contributed by atoms with Crippen LogP contribution >= 0.6 is 15.9 Å². The van der Waals surface area contributed by atoms with Gasteiger partial charge in [0.1, 0.15) is 0 Å². The Morgan fingerprint density at radius 2 is 2.12 bits per heavy atom. The fourth-order valence-corrected chi connectivity index (χ4v) is 1.68. The molecule has 0 atom stereocenters. The number of carbonyl (C=O) groups excluding carboxylic acids is 1. The highest BCUT2D eigenvalue weighted by Gasteiger charge is 2.28. The lowest BCUT2D eigenvalue weighted by Crippen LogP contribution is -2.47. The number of benzene rings is 1. The zero-order valence-electron chi connectivity index (χ0n) is 10.2. The van der Waals surface area contributed by atoms with E-state index in [0.29, 0.717) is 15.7 Å². The van der Waals surface area contributed by atoms with E-state index in [1.165, 1.54) is 4.90 Å². The molecule has 1 amide bonds. The molecule has 0 unspecified atom stereocenters. The van der Waals surface area contributed by atoms with Crippen LogP contribution < -0.4 is 5.73 Å². The van der Waals surface area contributed by atoms with E-state index < -0.39 is 5.54 Å². The van der Waals surface area contributed by atoms with E-state index in [1.807, 2.05) is 0 Å². The number of aliphatic hydroxyl groups excluding tert-OH is 1. The van der Waals surface area contributed by atoms with Crippen molar-refractivity contribution in [1.82, 2.24) is 4.90 Å². The maximum absolute atomic E-state index is 12.3. The molecular weight excluding hydrogens is 284 g/mol. The predicted molar refractivity (Wildman–Crippen MR) is 71.8 cm³/mol. The van der Waals surface area contributed by atoms with Gasteiger partial charge in [-0.1, -0.05) is 0 Å². The van der Waals surface area contributed by atoms with E-state index in [-0.39, 0.29) is 12.5 Å². The second-order valence-electron chi connectivity index (χ2n) is 4.57. The lowest BCUT2D eigenvalue weighted by molar-refractivity contribution is 0.0472. The summed E-state index contributed by atoms with van der Waals surface area (Å²) >= 11 is 3.32. The number of amides is 1. The summed E-state index contributed by atoms with van der Waals surface area (Å²) < 4.78 is 0.692. The average Bonchev–Trinajstić information content (AvgIpc) is 2.30. The van der Waals surface area contributed by atoms with Gasteiger partial charge in [0.2, 0.25) is 0 Å². The molecule has 0 saturated carbocycles. The molecule has 0 radical (unpaired) electrons. The summed E-state index contributed by atoms with van der Waals surface area (Å²) in [6.45, 7) is 3.49. The van der Waals surface area contributed by atoms with Gasteiger partial charge in [0.25, 0.3) is 5.91 Å². The van der Waals surface area contributed by atoms with Crippen molar-refractivity contribution in [3.8, 4) is 0 Å². The molecule has 1 rings (SSSR count). The normalized spacial score (nSPS) is 11.4. The van der Waals surface area contributed by atoms with Crippen LogP contribution in [0.4, 0.5) is 5.69 Å². The van der Waals surface area contributed by atoms with E-state index in [0.717, 1.165) is 0 Å². The molecule has 1 aromatic carbocycles. The van der Waals surface area contributed by atoms with E-state index in [9.17, 15) is 9.90 Å². The van der Waals surface area contributed by atoms with Crippen molar-refractivity contribution in [2.75, 3.05) is 19.4 Å². The van der Waals surface area contributed by atoms with Crippen molar-refractivity contribution in [2.45, 2.75) is 19.4 Å². The number of carbonyl (C=O) groups is 1. The summed E-state index contributed by atoms with van der Waals surface area (Å²) in [6, 6.07) is 5.08. The number of likely N-dealkylation sites (N-methyl/N-ethyl adjacent to an activating group) is 1. The quantitative estimate of drug-likeness (QED) is 0.838. The molecule has 0 aliphatic rings. The number of hydrogen-bond acceptors (Lipinski definition) is 3. The van der Waals surface area contributed by atoms with Crippen molar-refractivity contribution in [3.63, 3.8) is 0 Å². The summed E-state index contributed by atoms with van der Waals surface area (Å²) in [4.78, 5) is 13.8. The molecule has 0 aliphatic heterocycles. The van der Waals surface area contributed by atoms with Crippen LogP contribution in [0, 0.1) is 0 Å². The summed E-state index contributed by atoms with van der Waals surface area (Å²) in [5, 5.41) is 9.25. The average molecular weight is 301 g/mol. The van der Waals surface area contributed by atoms with Gasteiger partial charge < -0.3 is 15.7 Å². The molecule has 1 aromatic rings. The molecule has 3 N–H and O–H groups in total. The fraction of sp³-hybridized carbons (Fsp3) is 0.417. The van der Waals surface area contributed by atoms with Crippen LogP contribution in [0.1, 0.15) is 24.2 Å². The van der Waals surface area contributed by atoms with Crippen LogP contribution in [0.25, 0.3) is 0 Å². The Balaban J connectivity index is 3.08. The minimum Gasteiger partial charge on any atom is -0.399 e. The van der Waals surface area contributed by atoms with Crippen LogP contribution in [-0.4, -0.2) is 35.1 Å². The molecule has 4 nitrogen and oxygen atoms in total.